The number of carbonyl (C=O) groups excluding carboxylic acids is 2. The number of hydrogen-bond acceptors (Lipinski definition) is 4. The second kappa shape index (κ2) is 9.99. The number of hydrazone groups is 1. The van der Waals surface area contributed by atoms with Crippen molar-refractivity contribution in [2.75, 3.05) is 5.32 Å². The third-order valence-corrected chi connectivity index (χ3v) is 3.80. The molecule has 6 nitrogen and oxygen atoms in total. The van der Waals surface area contributed by atoms with Gasteiger partial charge in [-0.15, -0.1) is 12.4 Å². The highest BCUT2D eigenvalue weighted by Gasteiger charge is 2.13. The maximum absolute atomic E-state index is 12.4. The lowest BCUT2D eigenvalue weighted by Gasteiger charge is -2.09. The van der Waals surface area contributed by atoms with Crippen LogP contribution in [0.3, 0.4) is 0 Å². The molecule has 142 valence electrons. The van der Waals surface area contributed by atoms with Crippen molar-refractivity contribution in [2.24, 2.45) is 5.10 Å². The van der Waals surface area contributed by atoms with Crippen LogP contribution in [0.5, 0.6) is 0 Å². The molecule has 2 aromatic carbocycles. The lowest BCUT2D eigenvalue weighted by atomic mass is 10.1. The molecule has 2 amide bonds. The van der Waals surface area contributed by atoms with Gasteiger partial charge in [0.15, 0.2) is 0 Å². The van der Waals surface area contributed by atoms with E-state index >= 15 is 0 Å². The molecular formula is C21H19ClN4O2. The quantitative estimate of drug-likeness (QED) is 0.509. The highest BCUT2D eigenvalue weighted by atomic mass is 35.5. The molecule has 0 spiro atoms. The number of anilines is 1. The van der Waals surface area contributed by atoms with E-state index in [2.05, 4.69) is 20.8 Å². The predicted molar refractivity (Wildman–Crippen MR) is 112 cm³/mol. The Balaban J connectivity index is 0.00000280. The summed E-state index contributed by atoms with van der Waals surface area (Å²) in [4.78, 5) is 28.7. The highest BCUT2D eigenvalue weighted by molar-refractivity contribution is 6.08. The molecule has 0 aliphatic carbocycles. The van der Waals surface area contributed by atoms with E-state index in [1.165, 1.54) is 6.20 Å². The van der Waals surface area contributed by atoms with E-state index in [1.807, 2.05) is 31.2 Å². The van der Waals surface area contributed by atoms with Crippen LogP contribution >= 0.6 is 12.4 Å². The fourth-order valence-corrected chi connectivity index (χ4v) is 2.36. The minimum absolute atomic E-state index is 0. The van der Waals surface area contributed by atoms with Gasteiger partial charge in [0, 0.05) is 12.4 Å². The fourth-order valence-electron chi connectivity index (χ4n) is 2.36. The summed E-state index contributed by atoms with van der Waals surface area (Å²) in [7, 11) is 0. The van der Waals surface area contributed by atoms with Gasteiger partial charge in [-0.2, -0.15) is 5.10 Å². The molecule has 0 saturated heterocycles. The van der Waals surface area contributed by atoms with E-state index in [1.54, 1.807) is 48.8 Å². The van der Waals surface area contributed by atoms with Crippen LogP contribution in [-0.4, -0.2) is 23.0 Å². The number of halogens is 1. The second-order valence-corrected chi connectivity index (χ2v) is 5.85. The zero-order valence-electron chi connectivity index (χ0n) is 15.1. The van der Waals surface area contributed by atoms with E-state index in [0.717, 1.165) is 11.1 Å². The number of hydrogen-bond donors (Lipinski definition) is 2. The number of carbonyl (C=O) groups is 2. The molecule has 0 bridgehead atoms. The number of amides is 2. The van der Waals surface area contributed by atoms with E-state index in [-0.39, 0.29) is 18.3 Å². The molecule has 7 heteroatoms. The van der Waals surface area contributed by atoms with Crippen LogP contribution in [0, 0.1) is 6.92 Å². The normalized spacial score (nSPS) is 10.2. The van der Waals surface area contributed by atoms with Crippen LogP contribution in [0.25, 0.3) is 0 Å². The molecule has 0 unspecified atom stereocenters. The summed E-state index contributed by atoms with van der Waals surface area (Å²) in [6.07, 6.45) is 4.61. The van der Waals surface area contributed by atoms with Crippen molar-refractivity contribution in [1.82, 2.24) is 10.4 Å². The number of nitrogens with zero attached hydrogens (tertiary/aromatic N) is 2. The summed E-state index contributed by atoms with van der Waals surface area (Å²) in [5.41, 5.74) is 5.62. The summed E-state index contributed by atoms with van der Waals surface area (Å²) >= 11 is 0. The second-order valence-electron chi connectivity index (χ2n) is 5.85. The van der Waals surface area contributed by atoms with Crippen molar-refractivity contribution >= 4 is 36.1 Å². The maximum atomic E-state index is 12.4. The Morgan fingerprint density at radius 3 is 2.43 bits per heavy atom. The molecule has 0 aliphatic heterocycles. The molecule has 3 aromatic rings. The Hall–Kier alpha value is -3.51. The maximum Gasteiger partial charge on any atom is 0.273 e. The first-order chi connectivity index (χ1) is 13.1. The summed E-state index contributed by atoms with van der Waals surface area (Å²) in [5, 5.41) is 6.71. The molecule has 28 heavy (non-hydrogen) atoms. The lowest BCUT2D eigenvalue weighted by Crippen LogP contribution is -2.21. The number of para-hydroxylation sites is 1. The Morgan fingerprint density at radius 2 is 1.71 bits per heavy atom. The smallest absolute Gasteiger partial charge is 0.273 e. The molecule has 0 radical (unpaired) electrons. The lowest BCUT2D eigenvalue weighted by molar-refractivity contribution is 0.0956. The summed E-state index contributed by atoms with van der Waals surface area (Å²) < 4.78 is 0. The van der Waals surface area contributed by atoms with E-state index < -0.39 is 5.91 Å². The van der Waals surface area contributed by atoms with Crippen molar-refractivity contribution in [3.05, 3.63) is 95.3 Å². The summed E-state index contributed by atoms with van der Waals surface area (Å²) in [5.74, 6) is -0.757. The Morgan fingerprint density at radius 1 is 0.964 bits per heavy atom. The molecule has 0 fully saturated rings. The van der Waals surface area contributed by atoms with Gasteiger partial charge in [0.25, 0.3) is 11.8 Å². The number of pyridine rings is 1. The molecule has 0 aliphatic rings. The van der Waals surface area contributed by atoms with E-state index in [0.29, 0.717) is 16.8 Å². The molecule has 3 rings (SSSR count). The van der Waals surface area contributed by atoms with Gasteiger partial charge in [-0.25, -0.2) is 5.43 Å². The van der Waals surface area contributed by atoms with Gasteiger partial charge >= 0.3 is 0 Å². The number of aromatic nitrogens is 1. The highest BCUT2D eigenvalue weighted by Crippen LogP contribution is 2.16. The van der Waals surface area contributed by atoms with Gasteiger partial charge in [-0.1, -0.05) is 42.0 Å². The van der Waals surface area contributed by atoms with E-state index in [4.69, 9.17) is 0 Å². The molecule has 1 heterocycles. The summed E-state index contributed by atoms with van der Waals surface area (Å²) in [6, 6.07) is 17.8. The van der Waals surface area contributed by atoms with Crippen molar-refractivity contribution in [3.63, 3.8) is 0 Å². The number of rotatable bonds is 5. The Labute approximate surface area is 169 Å². The molecule has 0 saturated carbocycles. The SMILES string of the molecule is Cc1ccc(/C=N/NC(=O)c2ccccc2NC(=O)c2cccnc2)cc1.Cl. The van der Waals surface area contributed by atoms with Crippen LogP contribution in [0.4, 0.5) is 5.69 Å². The van der Waals surface area contributed by atoms with Crippen molar-refractivity contribution in [3.8, 4) is 0 Å². The van der Waals surface area contributed by atoms with Gasteiger partial charge < -0.3 is 5.32 Å². The minimum atomic E-state index is -0.416. The Bertz CT molecular complexity index is 973. The number of nitrogens with one attached hydrogen (secondary N) is 2. The average molecular weight is 395 g/mol. The third-order valence-electron chi connectivity index (χ3n) is 3.80. The third kappa shape index (κ3) is 5.49. The molecular weight excluding hydrogens is 376 g/mol. The van der Waals surface area contributed by atoms with E-state index in [9.17, 15) is 9.59 Å². The van der Waals surface area contributed by atoms with Crippen LogP contribution in [0.15, 0.2) is 78.2 Å². The Kier molecular flexibility index (Phi) is 7.42. The first kappa shape index (κ1) is 20.8. The standard InChI is InChI=1S/C21H18N4O2.ClH/c1-15-8-10-16(11-9-15)13-23-25-21(27)18-6-2-3-7-19(18)24-20(26)17-5-4-12-22-14-17;/h2-14H,1H3,(H,24,26)(H,25,27);1H/b23-13+;. The first-order valence-corrected chi connectivity index (χ1v) is 8.34. The fraction of sp³-hybridized carbons (Fsp3) is 0.0476. The predicted octanol–water partition coefficient (Wildman–Crippen LogP) is 3.83. The van der Waals surface area contributed by atoms with Gasteiger partial charge in [-0.05, 0) is 36.8 Å². The van der Waals surface area contributed by atoms with Crippen molar-refractivity contribution < 1.29 is 9.59 Å². The topological polar surface area (TPSA) is 83.5 Å². The number of benzene rings is 2. The number of aryl methyl sites for hydroxylation is 1. The van der Waals surface area contributed by atoms with Crippen molar-refractivity contribution in [1.29, 1.82) is 0 Å². The largest absolute Gasteiger partial charge is 0.321 e. The van der Waals surface area contributed by atoms with Gasteiger partial charge in [-0.3, -0.25) is 14.6 Å². The van der Waals surface area contributed by atoms with Gasteiger partial charge in [0.05, 0.1) is 23.0 Å². The zero-order valence-corrected chi connectivity index (χ0v) is 15.9. The molecule has 2 N–H and O–H groups in total. The summed E-state index contributed by atoms with van der Waals surface area (Å²) in [6.45, 7) is 2.00. The monoisotopic (exact) mass is 394 g/mol. The van der Waals surface area contributed by atoms with Crippen molar-refractivity contribution in [2.45, 2.75) is 6.92 Å². The van der Waals surface area contributed by atoms with Gasteiger partial charge in [0.2, 0.25) is 0 Å². The van der Waals surface area contributed by atoms with Crippen LogP contribution in [0.1, 0.15) is 31.8 Å². The zero-order chi connectivity index (χ0) is 19.1. The minimum Gasteiger partial charge on any atom is -0.321 e. The average Bonchev–Trinajstić information content (AvgIpc) is 2.70. The van der Waals surface area contributed by atoms with Crippen LogP contribution in [0.2, 0.25) is 0 Å². The molecule has 0 atom stereocenters. The molecule has 1 aromatic heterocycles. The first-order valence-electron chi connectivity index (χ1n) is 8.34. The van der Waals surface area contributed by atoms with Gasteiger partial charge in [0.1, 0.15) is 0 Å². The van der Waals surface area contributed by atoms with Crippen LogP contribution in [-0.2, 0) is 0 Å². The van der Waals surface area contributed by atoms with Crippen LogP contribution < -0.4 is 10.7 Å².